The van der Waals surface area contributed by atoms with Crippen LogP contribution in [0.15, 0.2) is 54.6 Å². The average Bonchev–Trinajstić information content (AvgIpc) is 3.29. The fourth-order valence-electron chi connectivity index (χ4n) is 7.93. The number of methoxy groups -OCH3 is 1. The fraction of sp³-hybridized carbons (Fsp3) is 0.552. The van der Waals surface area contributed by atoms with Crippen molar-refractivity contribution in [1.82, 2.24) is 10.2 Å². The minimum absolute atomic E-state index is 0.147. The van der Waals surface area contributed by atoms with E-state index in [4.69, 9.17) is 9.47 Å². The lowest BCUT2D eigenvalue weighted by molar-refractivity contribution is -0.133. The van der Waals surface area contributed by atoms with Crippen molar-refractivity contribution in [3.05, 3.63) is 65.7 Å². The summed E-state index contributed by atoms with van der Waals surface area (Å²) in [6, 6.07) is 19.5. The van der Waals surface area contributed by atoms with Crippen LogP contribution in [0.5, 0.6) is 5.75 Å². The highest BCUT2D eigenvalue weighted by Gasteiger charge is 2.67. The van der Waals surface area contributed by atoms with E-state index in [1.54, 1.807) is 7.11 Å². The van der Waals surface area contributed by atoms with E-state index in [0.717, 1.165) is 44.9 Å². The zero-order valence-corrected chi connectivity index (χ0v) is 20.2. The molecule has 5 aliphatic rings. The first-order valence-electron chi connectivity index (χ1n) is 12.9. The van der Waals surface area contributed by atoms with Crippen LogP contribution in [0.3, 0.4) is 0 Å². The molecule has 4 saturated carbocycles. The van der Waals surface area contributed by atoms with E-state index in [1.807, 2.05) is 12.1 Å². The second-order valence-corrected chi connectivity index (χ2v) is 11.0. The van der Waals surface area contributed by atoms with Crippen molar-refractivity contribution in [2.24, 2.45) is 17.3 Å². The number of amides is 1. The average molecular weight is 461 g/mol. The summed E-state index contributed by atoms with van der Waals surface area (Å²) in [5.74, 6) is 2.37. The normalized spacial score (nSPS) is 33.1. The molecule has 1 saturated heterocycles. The maximum atomic E-state index is 13.9. The molecule has 7 rings (SSSR count). The van der Waals surface area contributed by atoms with Gasteiger partial charge in [-0.1, -0.05) is 42.5 Å². The summed E-state index contributed by atoms with van der Waals surface area (Å²) >= 11 is 0. The summed E-state index contributed by atoms with van der Waals surface area (Å²) < 4.78 is 11.0. The first-order chi connectivity index (χ1) is 16.6. The Kier molecular flexibility index (Phi) is 5.65. The van der Waals surface area contributed by atoms with Gasteiger partial charge in [-0.3, -0.25) is 9.69 Å². The summed E-state index contributed by atoms with van der Waals surface area (Å²) in [6.45, 7) is 3.91. The summed E-state index contributed by atoms with van der Waals surface area (Å²) in [5.41, 5.74) is 2.68. The van der Waals surface area contributed by atoms with Crippen molar-refractivity contribution in [3.8, 4) is 5.75 Å². The Labute approximate surface area is 202 Å². The molecule has 1 amide bonds. The van der Waals surface area contributed by atoms with Gasteiger partial charge in [0.25, 0.3) is 0 Å². The number of hydrogen-bond donors (Lipinski definition) is 1. The lowest BCUT2D eigenvalue weighted by atomic mass is 9.63. The van der Waals surface area contributed by atoms with Crippen LogP contribution in [0.25, 0.3) is 0 Å². The van der Waals surface area contributed by atoms with E-state index in [-0.39, 0.29) is 16.9 Å². The SMILES string of the molecule is COc1ccc(C(CNC(=O)C23CC4CC2CC(c2ccccc2)(C4)C3)N2CCOCC2)cc1. The van der Waals surface area contributed by atoms with Crippen LogP contribution in [0.4, 0.5) is 0 Å². The molecule has 1 aliphatic heterocycles. The van der Waals surface area contributed by atoms with Crippen molar-refractivity contribution in [2.45, 2.75) is 43.6 Å². The number of benzene rings is 2. The number of carbonyl (C=O) groups excluding carboxylic acids is 1. The van der Waals surface area contributed by atoms with Gasteiger partial charge in [-0.05, 0) is 72.6 Å². The van der Waals surface area contributed by atoms with Gasteiger partial charge in [0.05, 0.1) is 31.8 Å². The van der Waals surface area contributed by atoms with Crippen LogP contribution in [0.1, 0.15) is 49.3 Å². The van der Waals surface area contributed by atoms with Crippen LogP contribution in [-0.4, -0.2) is 50.8 Å². The highest BCUT2D eigenvalue weighted by Crippen LogP contribution is 2.70. The van der Waals surface area contributed by atoms with Crippen LogP contribution in [0, 0.1) is 17.3 Å². The molecule has 5 nitrogen and oxygen atoms in total. The highest BCUT2D eigenvalue weighted by atomic mass is 16.5. The molecule has 34 heavy (non-hydrogen) atoms. The van der Waals surface area contributed by atoms with Crippen LogP contribution in [0.2, 0.25) is 0 Å². The number of nitrogens with zero attached hydrogens (tertiary/aromatic N) is 1. The Morgan fingerprint density at radius 1 is 1.09 bits per heavy atom. The van der Waals surface area contributed by atoms with Gasteiger partial charge in [0.2, 0.25) is 5.91 Å². The number of morpholine rings is 1. The third-order valence-corrected chi connectivity index (χ3v) is 9.30. The van der Waals surface area contributed by atoms with Crippen molar-refractivity contribution < 1.29 is 14.3 Å². The quantitative estimate of drug-likeness (QED) is 0.668. The van der Waals surface area contributed by atoms with Crippen molar-refractivity contribution >= 4 is 5.91 Å². The molecule has 5 atom stereocenters. The Morgan fingerprint density at radius 2 is 1.85 bits per heavy atom. The number of hydrogen-bond acceptors (Lipinski definition) is 4. The van der Waals surface area contributed by atoms with Crippen molar-refractivity contribution in [1.29, 1.82) is 0 Å². The van der Waals surface area contributed by atoms with Gasteiger partial charge in [0.15, 0.2) is 0 Å². The maximum Gasteiger partial charge on any atom is 0.226 e. The smallest absolute Gasteiger partial charge is 0.226 e. The van der Waals surface area contributed by atoms with E-state index < -0.39 is 0 Å². The van der Waals surface area contributed by atoms with Crippen LogP contribution >= 0.6 is 0 Å². The zero-order valence-electron chi connectivity index (χ0n) is 20.2. The summed E-state index contributed by atoms with van der Waals surface area (Å²) in [7, 11) is 1.69. The predicted octanol–water partition coefficient (Wildman–Crippen LogP) is 4.33. The third-order valence-electron chi connectivity index (χ3n) is 9.30. The topological polar surface area (TPSA) is 50.8 Å². The number of ether oxygens (including phenoxy) is 2. The van der Waals surface area contributed by atoms with E-state index >= 15 is 0 Å². The molecule has 4 aliphatic carbocycles. The molecule has 1 heterocycles. The van der Waals surface area contributed by atoms with Gasteiger partial charge in [-0.15, -0.1) is 0 Å². The van der Waals surface area contributed by atoms with Gasteiger partial charge in [-0.25, -0.2) is 0 Å². The molecule has 0 spiro atoms. The number of carbonyl (C=O) groups is 1. The second-order valence-electron chi connectivity index (χ2n) is 11.0. The Bertz CT molecular complexity index is 1020. The first kappa shape index (κ1) is 22.1. The molecule has 4 bridgehead atoms. The van der Waals surface area contributed by atoms with Gasteiger partial charge >= 0.3 is 0 Å². The third kappa shape index (κ3) is 3.64. The first-order valence-corrected chi connectivity index (χ1v) is 12.9. The standard InChI is InChI=1S/C29H36N2O3/c1-33-25-9-7-22(8-10-25)26(31-11-13-34-14-12-31)19-30-27(32)29-17-21-15-24(29)18-28(16-21,20-29)23-5-3-2-4-6-23/h2-10,21,24,26H,11-20H2,1H3,(H,30,32). The molecular weight excluding hydrogens is 424 g/mol. The lowest BCUT2D eigenvalue weighted by Gasteiger charge is -2.41. The molecule has 0 aromatic heterocycles. The lowest BCUT2D eigenvalue weighted by Crippen LogP contribution is -2.48. The zero-order chi connectivity index (χ0) is 23.2. The monoisotopic (exact) mass is 460 g/mol. The number of rotatable bonds is 7. The van der Waals surface area contributed by atoms with E-state index in [9.17, 15) is 4.79 Å². The second kappa shape index (κ2) is 8.69. The molecule has 180 valence electrons. The Balaban J connectivity index is 1.21. The van der Waals surface area contributed by atoms with Gasteiger partial charge in [0, 0.05) is 19.6 Å². The minimum Gasteiger partial charge on any atom is -0.497 e. The molecule has 0 radical (unpaired) electrons. The van der Waals surface area contributed by atoms with E-state index in [2.05, 4.69) is 52.7 Å². The Morgan fingerprint density at radius 3 is 2.59 bits per heavy atom. The predicted molar refractivity (Wildman–Crippen MR) is 132 cm³/mol. The molecule has 5 heteroatoms. The fourth-order valence-corrected chi connectivity index (χ4v) is 7.93. The summed E-state index contributed by atoms with van der Waals surface area (Å²) in [4.78, 5) is 16.4. The molecule has 2 aromatic carbocycles. The van der Waals surface area contributed by atoms with Gasteiger partial charge < -0.3 is 14.8 Å². The Hall–Kier alpha value is -2.37. The summed E-state index contributed by atoms with van der Waals surface area (Å²) in [6.07, 6.45) is 5.75. The molecule has 2 aromatic rings. The molecule has 1 N–H and O–H groups in total. The van der Waals surface area contributed by atoms with Gasteiger partial charge in [-0.2, -0.15) is 0 Å². The summed E-state index contributed by atoms with van der Waals surface area (Å²) in [5, 5.41) is 3.47. The van der Waals surface area contributed by atoms with Crippen molar-refractivity contribution in [3.63, 3.8) is 0 Å². The minimum atomic E-state index is -0.186. The largest absolute Gasteiger partial charge is 0.497 e. The van der Waals surface area contributed by atoms with Gasteiger partial charge in [0.1, 0.15) is 5.75 Å². The molecule has 5 unspecified atom stereocenters. The maximum absolute atomic E-state index is 13.9. The van der Waals surface area contributed by atoms with E-state index in [0.29, 0.717) is 24.3 Å². The number of nitrogens with one attached hydrogen (secondary N) is 1. The van der Waals surface area contributed by atoms with Crippen molar-refractivity contribution in [2.75, 3.05) is 40.0 Å². The van der Waals surface area contributed by atoms with Crippen LogP contribution in [-0.2, 0) is 14.9 Å². The molecular formula is C29H36N2O3. The molecule has 5 fully saturated rings. The highest BCUT2D eigenvalue weighted by molar-refractivity contribution is 5.84. The van der Waals surface area contributed by atoms with Crippen LogP contribution < -0.4 is 10.1 Å². The van der Waals surface area contributed by atoms with E-state index in [1.165, 1.54) is 30.4 Å².